The molecule has 6 atom stereocenters. The van der Waals surface area contributed by atoms with Crippen LogP contribution in [0.3, 0.4) is 0 Å². The number of imide groups is 2. The molecule has 2 aliphatic carbocycles. The van der Waals surface area contributed by atoms with Crippen LogP contribution in [0.5, 0.6) is 5.75 Å². The van der Waals surface area contributed by atoms with Gasteiger partial charge in [-0.1, -0.05) is 65.7 Å². The quantitative estimate of drug-likeness (QED) is 0.192. The molecule has 3 aromatic carbocycles. The number of carbonyl (C=O) groups is 4. The van der Waals surface area contributed by atoms with Gasteiger partial charge in [0.2, 0.25) is 23.6 Å². The van der Waals surface area contributed by atoms with E-state index in [1.807, 2.05) is 47.9 Å². The smallest absolute Gasteiger partial charge is 0.241 e. The lowest BCUT2D eigenvalue weighted by atomic mass is 9.51. The molecule has 0 bridgehead atoms. The number of phenols is 1. The monoisotopic (exact) mass is 654 g/mol. The van der Waals surface area contributed by atoms with E-state index >= 15 is 0 Å². The van der Waals surface area contributed by atoms with Gasteiger partial charge in [0.05, 0.1) is 40.4 Å². The Morgan fingerprint density at radius 1 is 0.978 bits per heavy atom. The zero-order valence-corrected chi connectivity index (χ0v) is 26.2. The maximum atomic E-state index is 14.6. The number of carbonyl (C=O) groups excluding carboxylic acids is 4. The summed E-state index contributed by atoms with van der Waals surface area (Å²) in [5.41, 5.74) is 0.0652. The van der Waals surface area contributed by atoms with Crippen molar-refractivity contribution in [1.29, 1.82) is 0 Å². The molecular formula is C36H28ClFN2O5S. The molecule has 4 amide bonds. The molecule has 46 heavy (non-hydrogen) atoms. The lowest BCUT2D eigenvalue weighted by Crippen LogP contribution is -2.48. The zero-order chi connectivity index (χ0) is 32.1. The summed E-state index contributed by atoms with van der Waals surface area (Å²) >= 11 is 7.57. The highest BCUT2D eigenvalue weighted by Crippen LogP contribution is 2.64. The molecule has 6 unspecified atom stereocenters. The molecule has 2 aliphatic heterocycles. The van der Waals surface area contributed by atoms with Crippen molar-refractivity contribution in [1.82, 2.24) is 4.90 Å². The lowest BCUT2D eigenvalue weighted by molar-refractivity contribution is -0.141. The predicted molar refractivity (Wildman–Crippen MR) is 172 cm³/mol. The molecule has 2 saturated heterocycles. The molecule has 10 heteroatoms. The second kappa shape index (κ2) is 10.3. The van der Waals surface area contributed by atoms with Crippen molar-refractivity contribution in [2.75, 3.05) is 4.90 Å². The standard InChI is InChI=1S/C36H28ClFN2O5S/c1-36-26(33(43)40(35(36)45)19-9-13-28(38)27(37)15-19)16-25-22(30(36)24-10-8-18-5-2-3-7-21(18)31(24)41)11-12-23-29(25)34(44)39(32(23)42)17-20-6-4-14-46-20/h2-11,13-15,23,25-26,29-30,41H,12,16-17H2,1H3. The third kappa shape index (κ3) is 3.94. The van der Waals surface area contributed by atoms with Crippen LogP contribution < -0.4 is 4.90 Å². The van der Waals surface area contributed by atoms with E-state index < -0.39 is 52.6 Å². The fourth-order valence-electron chi connectivity index (χ4n) is 8.51. The van der Waals surface area contributed by atoms with Crippen LogP contribution in [0.4, 0.5) is 10.1 Å². The number of hydrogen-bond acceptors (Lipinski definition) is 6. The van der Waals surface area contributed by atoms with Crippen LogP contribution in [0.15, 0.2) is 83.8 Å². The second-order valence-electron chi connectivity index (χ2n) is 12.8. The fraction of sp³-hybridized carbons (Fsp3) is 0.278. The van der Waals surface area contributed by atoms with Crippen molar-refractivity contribution in [2.45, 2.75) is 32.2 Å². The normalized spacial score (nSPS) is 28.8. The van der Waals surface area contributed by atoms with E-state index in [-0.39, 0.29) is 41.2 Å². The number of halogens is 2. The van der Waals surface area contributed by atoms with Gasteiger partial charge in [-0.05, 0) is 60.7 Å². The summed E-state index contributed by atoms with van der Waals surface area (Å²) in [6.45, 7) is 1.94. The van der Waals surface area contributed by atoms with Gasteiger partial charge in [0, 0.05) is 21.7 Å². The van der Waals surface area contributed by atoms with Crippen LogP contribution in [0.25, 0.3) is 10.8 Å². The Hall–Kier alpha value is -4.34. The number of rotatable bonds is 4. The van der Waals surface area contributed by atoms with Gasteiger partial charge in [-0.25, -0.2) is 9.29 Å². The number of benzene rings is 3. The minimum absolute atomic E-state index is 0.00317. The largest absolute Gasteiger partial charge is 0.507 e. The number of aromatic hydroxyl groups is 1. The third-order valence-corrected chi connectivity index (χ3v) is 11.8. The van der Waals surface area contributed by atoms with Gasteiger partial charge in [0.15, 0.2) is 0 Å². The molecule has 0 radical (unpaired) electrons. The van der Waals surface area contributed by atoms with E-state index in [9.17, 15) is 28.7 Å². The lowest BCUT2D eigenvalue weighted by Gasteiger charge is -2.49. The van der Waals surface area contributed by atoms with Gasteiger partial charge < -0.3 is 5.11 Å². The molecule has 4 aliphatic rings. The summed E-state index contributed by atoms with van der Waals surface area (Å²) < 4.78 is 14.1. The van der Waals surface area contributed by atoms with Gasteiger partial charge in [0.1, 0.15) is 11.6 Å². The summed E-state index contributed by atoms with van der Waals surface area (Å²) in [5, 5.41) is 14.9. The van der Waals surface area contributed by atoms with Crippen LogP contribution in [-0.2, 0) is 25.7 Å². The average Bonchev–Trinajstić information content (AvgIpc) is 3.70. The first kappa shape index (κ1) is 29.1. The van der Waals surface area contributed by atoms with Crippen molar-refractivity contribution in [3.05, 3.63) is 105 Å². The Bertz CT molecular complexity index is 2030. The highest BCUT2D eigenvalue weighted by Gasteiger charge is 2.68. The van der Waals surface area contributed by atoms with Crippen molar-refractivity contribution < 1.29 is 28.7 Å². The Labute approximate surface area is 272 Å². The number of hydrogen-bond donors (Lipinski definition) is 1. The maximum absolute atomic E-state index is 14.6. The Kier molecular flexibility index (Phi) is 6.54. The van der Waals surface area contributed by atoms with Crippen LogP contribution >= 0.6 is 22.9 Å². The molecule has 1 N–H and O–H groups in total. The summed E-state index contributed by atoms with van der Waals surface area (Å²) in [6, 6.07) is 18.5. The molecule has 3 fully saturated rings. The molecule has 1 aromatic heterocycles. The van der Waals surface area contributed by atoms with E-state index in [0.29, 0.717) is 17.4 Å². The van der Waals surface area contributed by atoms with Gasteiger partial charge in [-0.3, -0.25) is 24.1 Å². The first-order chi connectivity index (χ1) is 22.1. The van der Waals surface area contributed by atoms with Crippen LogP contribution in [0, 0.1) is 34.9 Å². The molecule has 232 valence electrons. The number of fused-ring (bicyclic) bond motifs is 5. The number of likely N-dealkylation sites (tertiary alicyclic amines) is 1. The number of amides is 4. The van der Waals surface area contributed by atoms with Crippen molar-refractivity contribution >= 4 is 63.0 Å². The Morgan fingerprint density at radius 2 is 1.78 bits per heavy atom. The van der Waals surface area contributed by atoms with Crippen molar-refractivity contribution in [3.63, 3.8) is 0 Å². The maximum Gasteiger partial charge on any atom is 0.241 e. The minimum Gasteiger partial charge on any atom is -0.507 e. The Morgan fingerprint density at radius 3 is 2.54 bits per heavy atom. The molecular weight excluding hydrogens is 627 g/mol. The Balaban J connectivity index is 1.29. The third-order valence-electron chi connectivity index (χ3n) is 10.7. The highest BCUT2D eigenvalue weighted by molar-refractivity contribution is 7.09. The van der Waals surface area contributed by atoms with Gasteiger partial charge in [-0.15, -0.1) is 11.3 Å². The summed E-state index contributed by atoms with van der Waals surface area (Å²) in [6.07, 6.45) is 2.45. The van der Waals surface area contributed by atoms with Crippen LogP contribution in [0.2, 0.25) is 5.02 Å². The fourth-order valence-corrected chi connectivity index (χ4v) is 9.38. The summed E-state index contributed by atoms with van der Waals surface area (Å²) in [4.78, 5) is 60.0. The number of phenolic OH excluding ortho intramolecular Hbond substituents is 1. The van der Waals surface area contributed by atoms with E-state index in [1.165, 1.54) is 28.4 Å². The molecule has 8 rings (SSSR count). The highest BCUT2D eigenvalue weighted by atomic mass is 35.5. The topological polar surface area (TPSA) is 95.0 Å². The van der Waals surface area contributed by atoms with Crippen molar-refractivity contribution in [3.8, 4) is 5.75 Å². The number of thiophene rings is 1. The summed E-state index contributed by atoms with van der Waals surface area (Å²) in [5.74, 6) is -5.57. The number of nitrogens with zero attached hydrogens (tertiary/aromatic N) is 2. The second-order valence-corrected chi connectivity index (χ2v) is 14.3. The molecule has 1 saturated carbocycles. The zero-order valence-electron chi connectivity index (χ0n) is 24.7. The van der Waals surface area contributed by atoms with Gasteiger partial charge in [-0.2, -0.15) is 0 Å². The number of anilines is 1. The van der Waals surface area contributed by atoms with Gasteiger partial charge in [0.25, 0.3) is 0 Å². The molecule has 3 heterocycles. The predicted octanol–water partition coefficient (Wildman–Crippen LogP) is 6.83. The van der Waals surface area contributed by atoms with Crippen molar-refractivity contribution in [2.24, 2.45) is 29.1 Å². The molecule has 4 aromatic rings. The number of allylic oxidation sites excluding steroid dienone is 2. The molecule has 7 nitrogen and oxygen atoms in total. The van der Waals surface area contributed by atoms with Crippen LogP contribution in [-0.4, -0.2) is 33.6 Å². The SMILES string of the molecule is CC12C(=O)N(c3ccc(F)c(Cl)c3)C(=O)C1CC1C(=CCC3C(=O)N(Cc4cccs4)C(=O)C31)C2c1ccc2ccccc2c1O. The van der Waals surface area contributed by atoms with E-state index in [0.717, 1.165) is 26.8 Å². The van der Waals surface area contributed by atoms with Crippen LogP contribution in [0.1, 0.15) is 36.1 Å². The summed E-state index contributed by atoms with van der Waals surface area (Å²) in [7, 11) is 0. The first-order valence-corrected chi connectivity index (χ1v) is 16.5. The van der Waals surface area contributed by atoms with E-state index in [2.05, 4.69) is 0 Å². The average molecular weight is 655 g/mol. The minimum atomic E-state index is -1.35. The van der Waals surface area contributed by atoms with E-state index in [4.69, 9.17) is 11.6 Å². The molecule has 0 spiro atoms. The van der Waals surface area contributed by atoms with Gasteiger partial charge >= 0.3 is 0 Å². The van der Waals surface area contributed by atoms with E-state index in [1.54, 1.807) is 19.1 Å². The first-order valence-electron chi connectivity index (χ1n) is 15.2.